The number of rotatable bonds is 4. The van der Waals surface area contributed by atoms with Crippen LogP contribution in [-0.4, -0.2) is 19.6 Å². The van der Waals surface area contributed by atoms with Crippen molar-refractivity contribution < 1.29 is 17.7 Å². The van der Waals surface area contributed by atoms with Gasteiger partial charge in [0.15, 0.2) is 0 Å². The molecule has 0 spiro atoms. The van der Waals surface area contributed by atoms with Crippen LogP contribution < -0.4 is 4.74 Å². The van der Waals surface area contributed by atoms with E-state index in [1.54, 1.807) is 0 Å². The van der Waals surface area contributed by atoms with Crippen molar-refractivity contribution in [1.29, 1.82) is 0 Å². The molecule has 0 saturated carbocycles. The molecule has 0 bridgehead atoms. The number of ether oxygens (including phenoxy) is 1. The zero-order valence-electron chi connectivity index (χ0n) is 8.97. The molecule has 4 nitrogen and oxygen atoms in total. The van der Waals surface area contributed by atoms with Crippen LogP contribution in [-0.2, 0) is 9.33 Å². The lowest BCUT2D eigenvalue weighted by atomic mass is 10.3. The highest BCUT2D eigenvalue weighted by atomic mass is 35.7. The summed E-state index contributed by atoms with van der Waals surface area (Å²) in [7, 11) is -0.137. The van der Waals surface area contributed by atoms with E-state index < -0.39 is 9.33 Å². The number of para-hydroxylation sites is 1. The maximum atomic E-state index is 8.95. The van der Waals surface area contributed by atoms with Gasteiger partial charge in [-0.15, -0.1) is 0 Å². The molecule has 1 N–H and O–H groups in total. The van der Waals surface area contributed by atoms with Crippen LogP contribution in [0.2, 0.25) is 0 Å². The fourth-order valence-corrected chi connectivity index (χ4v) is 0.851. The van der Waals surface area contributed by atoms with E-state index in [1.165, 1.54) is 6.42 Å². The Bertz CT molecular complexity index is 356. The van der Waals surface area contributed by atoms with E-state index in [0.717, 1.165) is 18.8 Å². The average molecular weight is 267 g/mol. The van der Waals surface area contributed by atoms with Crippen LogP contribution in [0, 0.1) is 0 Å². The van der Waals surface area contributed by atoms with Gasteiger partial charge in [-0.3, -0.25) is 4.55 Å². The maximum absolute atomic E-state index is 8.95. The molecule has 0 aromatic heterocycles. The van der Waals surface area contributed by atoms with E-state index in [1.807, 2.05) is 30.3 Å². The molecular formula is C10H15ClO4S. The Morgan fingerprint density at radius 3 is 2.25 bits per heavy atom. The second-order valence-electron chi connectivity index (χ2n) is 2.93. The Balaban J connectivity index is 0.000000385. The maximum Gasteiger partial charge on any atom is 0.353 e. The average Bonchev–Trinajstić information content (AvgIpc) is 2.17. The Morgan fingerprint density at radius 1 is 1.31 bits per heavy atom. The number of hydrogen-bond donors (Lipinski definition) is 1. The highest BCUT2D eigenvalue weighted by molar-refractivity contribution is 8.09. The monoisotopic (exact) mass is 266 g/mol. The lowest BCUT2D eigenvalue weighted by Crippen LogP contribution is -1.95. The van der Waals surface area contributed by atoms with E-state index in [9.17, 15) is 0 Å². The van der Waals surface area contributed by atoms with Crippen molar-refractivity contribution in [3.05, 3.63) is 30.3 Å². The van der Waals surface area contributed by atoms with Gasteiger partial charge in [-0.25, -0.2) is 0 Å². The van der Waals surface area contributed by atoms with Crippen LogP contribution in [0.3, 0.4) is 0 Å². The van der Waals surface area contributed by atoms with Crippen molar-refractivity contribution in [2.24, 2.45) is 0 Å². The minimum Gasteiger partial charge on any atom is -0.494 e. The minimum atomic E-state index is -4.19. The summed E-state index contributed by atoms with van der Waals surface area (Å²) in [6.45, 7) is 2.99. The summed E-state index contributed by atoms with van der Waals surface area (Å²) in [6.07, 6.45) is 2.32. The van der Waals surface area contributed by atoms with E-state index in [-0.39, 0.29) is 0 Å². The Kier molecular flexibility index (Phi) is 7.97. The molecule has 1 rings (SSSR count). The van der Waals surface area contributed by atoms with Crippen molar-refractivity contribution >= 4 is 20.0 Å². The molecule has 1 aromatic rings. The fourth-order valence-electron chi connectivity index (χ4n) is 0.851. The summed E-state index contributed by atoms with van der Waals surface area (Å²) in [6, 6.07) is 9.93. The molecule has 92 valence electrons. The molecule has 1 aromatic carbocycles. The minimum absolute atomic E-state index is 0.834. The topological polar surface area (TPSA) is 63.6 Å². The Morgan fingerprint density at radius 2 is 1.81 bits per heavy atom. The molecule has 0 aliphatic heterocycles. The first kappa shape index (κ1) is 15.2. The highest BCUT2D eigenvalue weighted by Gasteiger charge is 1.88. The summed E-state index contributed by atoms with van der Waals surface area (Å²) >= 11 is 0. The third-order valence-electron chi connectivity index (χ3n) is 1.51. The first-order chi connectivity index (χ1) is 7.43. The van der Waals surface area contributed by atoms with Crippen LogP contribution in [0.4, 0.5) is 0 Å². The van der Waals surface area contributed by atoms with Gasteiger partial charge in [0, 0.05) is 10.7 Å². The van der Waals surface area contributed by atoms with Crippen LogP contribution in [0.25, 0.3) is 0 Å². The predicted molar refractivity (Wildman–Crippen MR) is 64.2 cm³/mol. The molecule has 0 aliphatic rings. The summed E-state index contributed by atoms with van der Waals surface area (Å²) < 4.78 is 30.6. The van der Waals surface area contributed by atoms with Gasteiger partial charge in [0.05, 0.1) is 6.61 Å². The molecule has 0 fully saturated rings. The van der Waals surface area contributed by atoms with Gasteiger partial charge >= 0.3 is 9.33 Å². The molecule has 0 unspecified atom stereocenters. The normalized spacial score (nSPS) is 10.2. The summed E-state index contributed by atoms with van der Waals surface area (Å²) in [5, 5.41) is 0. The van der Waals surface area contributed by atoms with Gasteiger partial charge in [-0.1, -0.05) is 31.5 Å². The lowest BCUT2D eigenvalue weighted by Gasteiger charge is -2.03. The van der Waals surface area contributed by atoms with Gasteiger partial charge < -0.3 is 4.74 Å². The zero-order chi connectivity index (χ0) is 12.4. The third-order valence-corrected chi connectivity index (χ3v) is 1.51. The van der Waals surface area contributed by atoms with Gasteiger partial charge in [-0.2, -0.15) is 8.42 Å². The molecule has 6 heteroatoms. The first-order valence-electron chi connectivity index (χ1n) is 4.78. The molecule has 0 radical (unpaired) electrons. The van der Waals surface area contributed by atoms with Crippen LogP contribution >= 0.6 is 10.7 Å². The summed E-state index contributed by atoms with van der Waals surface area (Å²) in [4.78, 5) is 0. The molecule has 0 saturated heterocycles. The van der Waals surface area contributed by atoms with Crippen LogP contribution in [0.15, 0.2) is 30.3 Å². The van der Waals surface area contributed by atoms with Crippen molar-refractivity contribution in [3.8, 4) is 5.75 Å². The van der Waals surface area contributed by atoms with Crippen molar-refractivity contribution in [2.45, 2.75) is 19.8 Å². The molecule has 0 heterocycles. The zero-order valence-corrected chi connectivity index (χ0v) is 10.5. The standard InChI is InChI=1S/C10H14O.ClHO3S/c1-2-3-9-11-10-7-5-4-6-8-10;1-5(2,3)4/h4-8H,2-3,9H2,1H3;(H,2,3,4). The second kappa shape index (κ2) is 8.38. The third kappa shape index (κ3) is 13.2. The number of benzene rings is 1. The van der Waals surface area contributed by atoms with Gasteiger partial charge in [0.2, 0.25) is 0 Å². The summed E-state index contributed by atoms with van der Waals surface area (Å²) in [5.41, 5.74) is 0. The quantitative estimate of drug-likeness (QED) is 0.517. The van der Waals surface area contributed by atoms with E-state index in [4.69, 9.17) is 17.7 Å². The van der Waals surface area contributed by atoms with Crippen molar-refractivity contribution in [1.82, 2.24) is 0 Å². The van der Waals surface area contributed by atoms with Gasteiger partial charge in [0.25, 0.3) is 0 Å². The van der Waals surface area contributed by atoms with Gasteiger partial charge in [0.1, 0.15) is 5.75 Å². The van der Waals surface area contributed by atoms with Crippen LogP contribution in [0.1, 0.15) is 19.8 Å². The first-order valence-corrected chi connectivity index (χ1v) is 7.05. The van der Waals surface area contributed by atoms with E-state index >= 15 is 0 Å². The molecule has 0 atom stereocenters. The largest absolute Gasteiger partial charge is 0.494 e. The van der Waals surface area contributed by atoms with Gasteiger partial charge in [-0.05, 0) is 18.6 Å². The molecular weight excluding hydrogens is 252 g/mol. The predicted octanol–water partition coefficient (Wildman–Crippen LogP) is 2.89. The van der Waals surface area contributed by atoms with Crippen molar-refractivity contribution in [3.63, 3.8) is 0 Å². The lowest BCUT2D eigenvalue weighted by molar-refractivity contribution is 0.309. The molecule has 0 aliphatic carbocycles. The highest BCUT2D eigenvalue weighted by Crippen LogP contribution is 2.08. The number of hydrogen-bond acceptors (Lipinski definition) is 3. The molecule has 0 amide bonds. The number of halogens is 1. The van der Waals surface area contributed by atoms with Crippen molar-refractivity contribution in [2.75, 3.05) is 6.61 Å². The van der Waals surface area contributed by atoms with E-state index in [2.05, 4.69) is 17.6 Å². The number of unbranched alkanes of at least 4 members (excludes halogenated alkanes) is 1. The second-order valence-corrected chi connectivity index (χ2v) is 4.92. The van der Waals surface area contributed by atoms with E-state index in [0.29, 0.717) is 0 Å². The summed E-state index contributed by atoms with van der Waals surface area (Å²) in [5.74, 6) is 0.973. The Labute approximate surface area is 100 Å². The Hall–Kier alpha value is -0.780. The SMILES string of the molecule is CCCCOc1ccccc1.O=S(=O)(O)Cl. The fraction of sp³-hybridized carbons (Fsp3) is 0.400. The smallest absolute Gasteiger partial charge is 0.353 e. The van der Waals surface area contributed by atoms with Crippen LogP contribution in [0.5, 0.6) is 5.75 Å². The molecule has 16 heavy (non-hydrogen) atoms.